The second kappa shape index (κ2) is 12.1. The summed E-state index contributed by atoms with van der Waals surface area (Å²) in [7, 11) is -3.74. The highest BCUT2D eigenvalue weighted by Crippen LogP contribution is 2.24. The third-order valence-electron chi connectivity index (χ3n) is 5.96. The standard InChI is InChI=1S/C28H29ClN4O4S/c1-19-4-6-22(16-20(19)2)33-38(35,36)24-9-7-23(8-10-24)37-18-28(34)32-14-3-13-30-26-12-15-31-27-17-21(29)5-11-25(26)27/h4-12,15-17,33H,3,13-14,18H2,1-2H3,(H,30,31)(H,32,34). The maximum absolute atomic E-state index is 12.7. The molecular formula is C28H29ClN4O4S. The Morgan fingerprint density at radius 2 is 1.74 bits per heavy atom. The van der Waals surface area contributed by atoms with Crippen molar-refractivity contribution in [3.63, 3.8) is 0 Å². The largest absolute Gasteiger partial charge is 0.484 e. The van der Waals surface area contributed by atoms with Gasteiger partial charge in [-0.15, -0.1) is 0 Å². The van der Waals surface area contributed by atoms with E-state index in [1.165, 1.54) is 24.3 Å². The summed E-state index contributed by atoms with van der Waals surface area (Å²) in [5.41, 5.74) is 4.35. The van der Waals surface area contributed by atoms with E-state index in [1.807, 2.05) is 44.2 Å². The first-order valence-electron chi connectivity index (χ1n) is 12.1. The molecule has 8 nitrogen and oxygen atoms in total. The number of hydrogen-bond donors (Lipinski definition) is 3. The summed E-state index contributed by atoms with van der Waals surface area (Å²) in [5, 5.41) is 7.79. The van der Waals surface area contributed by atoms with E-state index in [2.05, 4.69) is 20.3 Å². The van der Waals surface area contributed by atoms with Crippen LogP contribution in [-0.4, -0.2) is 39.0 Å². The molecule has 10 heteroatoms. The quantitative estimate of drug-likeness (QED) is 0.218. The lowest BCUT2D eigenvalue weighted by Crippen LogP contribution is -2.30. The van der Waals surface area contributed by atoms with Crippen molar-refractivity contribution in [3.05, 3.63) is 89.1 Å². The van der Waals surface area contributed by atoms with Crippen molar-refractivity contribution in [1.29, 1.82) is 0 Å². The number of hydrogen-bond acceptors (Lipinski definition) is 6. The van der Waals surface area contributed by atoms with Crippen LogP contribution in [0, 0.1) is 13.8 Å². The van der Waals surface area contributed by atoms with Gasteiger partial charge >= 0.3 is 0 Å². The van der Waals surface area contributed by atoms with E-state index in [4.69, 9.17) is 16.3 Å². The molecule has 4 aromatic rings. The molecule has 0 saturated heterocycles. The molecule has 0 aliphatic heterocycles. The number of carbonyl (C=O) groups excluding carboxylic acids is 1. The Morgan fingerprint density at radius 3 is 2.50 bits per heavy atom. The molecular weight excluding hydrogens is 524 g/mol. The Kier molecular flexibility index (Phi) is 8.70. The molecule has 38 heavy (non-hydrogen) atoms. The van der Waals surface area contributed by atoms with E-state index in [0.29, 0.717) is 36.0 Å². The van der Waals surface area contributed by atoms with Gasteiger partial charge in [0.1, 0.15) is 5.75 Å². The molecule has 0 saturated carbocycles. The third kappa shape index (κ3) is 7.14. The van der Waals surface area contributed by atoms with E-state index in [9.17, 15) is 13.2 Å². The van der Waals surface area contributed by atoms with Gasteiger partial charge in [-0.25, -0.2) is 8.42 Å². The molecule has 0 spiro atoms. The molecule has 198 valence electrons. The predicted molar refractivity (Wildman–Crippen MR) is 152 cm³/mol. The normalized spacial score (nSPS) is 11.2. The van der Waals surface area contributed by atoms with Gasteiger partial charge in [-0.05, 0) is 92.1 Å². The van der Waals surface area contributed by atoms with Crippen LogP contribution in [0.15, 0.2) is 77.8 Å². The van der Waals surface area contributed by atoms with E-state index in [1.54, 1.807) is 18.3 Å². The van der Waals surface area contributed by atoms with Crippen LogP contribution >= 0.6 is 11.6 Å². The topological polar surface area (TPSA) is 109 Å². The van der Waals surface area contributed by atoms with Gasteiger partial charge in [0.2, 0.25) is 0 Å². The minimum atomic E-state index is -3.74. The fourth-order valence-electron chi connectivity index (χ4n) is 3.75. The third-order valence-corrected chi connectivity index (χ3v) is 7.59. The van der Waals surface area contributed by atoms with Crippen molar-refractivity contribution in [2.75, 3.05) is 29.7 Å². The van der Waals surface area contributed by atoms with E-state index < -0.39 is 10.0 Å². The lowest BCUT2D eigenvalue weighted by molar-refractivity contribution is -0.123. The number of ether oxygens (including phenoxy) is 1. The minimum absolute atomic E-state index is 0.102. The van der Waals surface area contributed by atoms with Crippen molar-refractivity contribution in [2.24, 2.45) is 0 Å². The van der Waals surface area contributed by atoms with Crippen molar-refractivity contribution in [3.8, 4) is 5.75 Å². The summed E-state index contributed by atoms with van der Waals surface area (Å²) in [6, 6.07) is 18.8. The van der Waals surface area contributed by atoms with Crippen LogP contribution in [0.5, 0.6) is 5.75 Å². The highest BCUT2D eigenvalue weighted by molar-refractivity contribution is 7.92. The summed E-state index contributed by atoms with van der Waals surface area (Å²) in [5.74, 6) is 0.138. The smallest absolute Gasteiger partial charge is 0.261 e. The second-order valence-corrected chi connectivity index (χ2v) is 10.9. The summed E-state index contributed by atoms with van der Waals surface area (Å²) >= 11 is 6.03. The maximum atomic E-state index is 12.7. The number of amides is 1. The lowest BCUT2D eigenvalue weighted by Gasteiger charge is -2.11. The Hall–Kier alpha value is -3.82. The van der Waals surface area contributed by atoms with Gasteiger partial charge < -0.3 is 15.4 Å². The van der Waals surface area contributed by atoms with E-state index in [-0.39, 0.29) is 17.4 Å². The van der Waals surface area contributed by atoms with Crippen LogP contribution in [0.25, 0.3) is 10.9 Å². The van der Waals surface area contributed by atoms with Crippen LogP contribution in [0.2, 0.25) is 5.02 Å². The first kappa shape index (κ1) is 27.2. The van der Waals surface area contributed by atoms with Gasteiger partial charge in [-0.3, -0.25) is 14.5 Å². The number of sulfonamides is 1. The summed E-state index contributed by atoms with van der Waals surface area (Å²) < 4.78 is 33.5. The molecule has 0 atom stereocenters. The number of aromatic nitrogens is 1. The van der Waals surface area contributed by atoms with Crippen molar-refractivity contribution in [2.45, 2.75) is 25.2 Å². The Morgan fingerprint density at radius 1 is 0.947 bits per heavy atom. The molecule has 0 radical (unpaired) electrons. The fraction of sp³-hybridized carbons (Fsp3) is 0.214. The Labute approximate surface area is 227 Å². The first-order chi connectivity index (χ1) is 18.2. The molecule has 1 heterocycles. The van der Waals surface area contributed by atoms with Crippen molar-refractivity contribution in [1.82, 2.24) is 10.3 Å². The maximum Gasteiger partial charge on any atom is 0.261 e. The molecule has 0 aliphatic rings. The van der Waals surface area contributed by atoms with Crippen LogP contribution < -0.4 is 20.1 Å². The molecule has 0 unspecified atom stereocenters. The SMILES string of the molecule is Cc1ccc(NS(=O)(=O)c2ccc(OCC(=O)NCCCNc3ccnc4cc(Cl)ccc34)cc2)cc1C. The first-order valence-corrected chi connectivity index (χ1v) is 14.0. The van der Waals surface area contributed by atoms with E-state index in [0.717, 1.165) is 27.7 Å². The Bertz CT molecular complexity index is 1540. The zero-order valence-electron chi connectivity index (χ0n) is 21.1. The summed E-state index contributed by atoms with van der Waals surface area (Å²) in [4.78, 5) is 16.6. The van der Waals surface area contributed by atoms with Crippen LogP contribution in [0.1, 0.15) is 17.5 Å². The predicted octanol–water partition coefficient (Wildman–Crippen LogP) is 5.30. The van der Waals surface area contributed by atoms with E-state index >= 15 is 0 Å². The number of benzene rings is 3. The monoisotopic (exact) mass is 552 g/mol. The van der Waals surface area contributed by atoms with Gasteiger partial charge in [0.05, 0.1) is 10.4 Å². The zero-order valence-corrected chi connectivity index (χ0v) is 22.7. The molecule has 4 rings (SSSR count). The van der Waals surface area contributed by atoms with Crippen molar-refractivity contribution < 1.29 is 17.9 Å². The molecule has 1 aromatic heterocycles. The number of nitrogens with zero attached hydrogens (tertiary/aromatic N) is 1. The molecule has 1 amide bonds. The van der Waals surface area contributed by atoms with Crippen LogP contribution in [-0.2, 0) is 14.8 Å². The number of fused-ring (bicyclic) bond motifs is 1. The highest BCUT2D eigenvalue weighted by atomic mass is 35.5. The highest BCUT2D eigenvalue weighted by Gasteiger charge is 2.15. The number of pyridine rings is 1. The van der Waals surface area contributed by atoms with Gasteiger partial charge in [0.25, 0.3) is 15.9 Å². The lowest BCUT2D eigenvalue weighted by atomic mass is 10.1. The summed E-state index contributed by atoms with van der Waals surface area (Å²) in [6.45, 7) is 4.86. The van der Waals surface area contributed by atoms with Gasteiger partial charge in [-0.1, -0.05) is 17.7 Å². The molecule has 3 aromatic carbocycles. The number of nitrogens with one attached hydrogen (secondary N) is 3. The average Bonchev–Trinajstić information content (AvgIpc) is 2.89. The molecule has 0 fully saturated rings. The Balaban J connectivity index is 1.19. The second-order valence-electron chi connectivity index (χ2n) is 8.81. The van der Waals surface area contributed by atoms with Crippen LogP contribution in [0.4, 0.5) is 11.4 Å². The number of rotatable bonds is 11. The number of anilines is 2. The fourth-order valence-corrected chi connectivity index (χ4v) is 4.96. The minimum Gasteiger partial charge on any atom is -0.484 e. The number of halogens is 1. The number of carbonyl (C=O) groups is 1. The zero-order chi connectivity index (χ0) is 27.1. The van der Waals surface area contributed by atoms with Crippen LogP contribution in [0.3, 0.4) is 0 Å². The number of aryl methyl sites for hydroxylation is 2. The summed E-state index contributed by atoms with van der Waals surface area (Å²) in [6.07, 6.45) is 2.44. The molecule has 3 N–H and O–H groups in total. The van der Waals surface area contributed by atoms with Crippen molar-refractivity contribution >= 4 is 49.8 Å². The molecule has 0 bridgehead atoms. The molecule has 0 aliphatic carbocycles. The average molecular weight is 553 g/mol. The van der Waals surface area contributed by atoms with Gasteiger partial charge in [0.15, 0.2) is 6.61 Å². The van der Waals surface area contributed by atoms with Gasteiger partial charge in [0, 0.05) is 41.1 Å². The van der Waals surface area contributed by atoms with Gasteiger partial charge in [-0.2, -0.15) is 0 Å².